The number of nitrogens with zero attached hydrogens (tertiary/aromatic N) is 1. The summed E-state index contributed by atoms with van der Waals surface area (Å²) in [6.07, 6.45) is 10.5. The van der Waals surface area contributed by atoms with Crippen molar-refractivity contribution < 1.29 is 25.2 Å². The Kier molecular flexibility index (Phi) is 12.8. The van der Waals surface area contributed by atoms with Crippen molar-refractivity contribution in [2.24, 2.45) is 39.3 Å². The van der Waals surface area contributed by atoms with E-state index < -0.39 is 23.0 Å². The van der Waals surface area contributed by atoms with Crippen molar-refractivity contribution in [3.8, 4) is 39.2 Å². The van der Waals surface area contributed by atoms with Gasteiger partial charge in [0.05, 0.1) is 45.9 Å². The second kappa shape index (κ2) is 17.6. The summed E-state index contributed by atoms with van der Waals surface area (Å²) in [6, 6.07) is 9.40. The van der Waals surface area contributed by atoms with Crippen LogP contribution in [0.1, 0.15) is 116 Å². The van der Waals surface area contributed by atoms with Crippen LogP contribution in [0, 0.1) is 52.3 Å². The number of rotatable bonds is 11. The van der Waals surface area contributed by atoms with Crippen LogP contribution in [0.25, 0.3) is 15.8 Å². The van der Waals surface area contributed by atoms with Gasteiger partial charge in [-0.3, -0.25) is 9.79 Å². The Balaban J connectivity index is 1.36. The van der Waals surface area contributed by atoms with Gasteiger partial charge >= 0.3 is 0 Å². The molecule has 1 spiro atoms. The molecule has 0 unspecified atom stereocenters. The van der Waals surface area contributed by atoms with Gasteiger partial charge < -0.3 is 36.8 Å². The Hall–Kier alpha value is -4.10. The predicted molar refractivity (Wildman–Crippen MR) is 236 cm³/mol. The molecule has 308 valence electrons. The number of nitrogens with two attached hydrogens (primary N) is 1. The molecule has 0 radical (unpaired) electrons. The molecular weight excluding hydrogens is 765 g/mol. The molecule has 7 rings (SSSR count). The number of hydrogen-bond donors (Lipinski definition) is 7. The zero-order valence-corrected chi connectivity index (χ0v) is 35.7. The molecule has 3 aromatic rings. The molecule has 2 aromatic heterocycles. The van der Waals surface area contributed by atoms with E-state index in [-0.39, 0.29) is 48.0 Å². The maximum atomic E-state index is 15.1. The van der Waals surface area contributed by atoms with Crippen molar-refractivity contribution >= 4 is 46.2 Å². The van der Waals surface area contributed by atoms with E-state index in [0.717, 1.165) is 75.6 Å². The number of fused-ring (bicyclic) bond motifs is 5. The summed E-state index contributed by atoms with van der Waals surface area (Å²) in [6.45, 7) is 5.40. The van der Waals surface area contributed by atoms with Gasteiger partial charge in [0.25, 0.3) is 0 Å². The van der Waals surface area contributed by atoms with Crippen LogP contribution in [0.2, 0.25) is 0 Å². The van der Waals surface area contributed by atoms with E-state index in [0.29, 0.717) is 42.9 Å². The zero-order valence-electron chi connectivity index (χ0n) is 34.1. The highest BCUT2D eigenvalue weighted by Crippen LogP contribution is 2.66. The normalized spacial score (nSPS) is 28.5. The lowest BCUT2D eigenvalue weighted by molar-refractivity contribution is -0.00541. The molecular formula is C47H58N4O5S2. The third kappa shape index (κ3) is 8.22. The summed E-state index contributed by atoms with van der Waals surface area (Å²) in [5.74, 6) is 13.4. The molecule has 1 aliphatic heterocycles. The minimum absolute atomic E-state index is 0.0716. The number of aliphatic hydroxyl groups excluding tert-OH is 3. The Morgan fingerprint density at radius 3 is 2.69 bits per heavy atom. The maximum absolute atomic E-state index is 15.1. The van der Waals surface area contributed by atoms with Gasteiger partial charge in [-0.25, -0.2) is 0 Å². The SMILES string of the molecule is CC#Cc1ccc(-c2ccc(C(=O)[C@@H]3CC[C@H]4C[C@]35C[C@@H]([C@H](O)CO)[C@@](CCCCC)(CC#Cc3c(cc(O)c6c3N[C@@H]([C@H](C)O)C=C6)C[C@@H]4NC(N)=NC)C5)s2)s1. The summed E-state index contributed by atoms with van der Waals surface area (Å²) in [5.41, 5.74) is 8.50. The molecule has 0 amide bonds. The molecule has 9 atom stereocenters. The number of aliphatic hydroxyl groups is 3. The number of aromatic hydroxyl groups is 1. The number of carbonyl (C=O) groups is 1. The number of thiophene rings is 2. The van der Waals surface area contributed by atoms with Gasteiger partial charge in [0.2, 0.25) is 0 Å². The zero-order chi connectivity index (χ0) is 41.2. The van der Waals surface area contributed by atoms with E-state index in [4.69, 9.17) is 5.73 Å². The third-order valence-electron chi connectivity index (χ3n) is 13.5. The molecule has 1 aromatic carbocycles. The van der Waals surface area contributed by atoms with Gasteiger partial charge in [-0.15, -0.1) is 28.6 Å². The van der Waals surface area contributed by atoms with E-state index in [2.05, 4.69) is 58.4 Å². The summed E-state index contributed by atoms with van der Waals surface area (Å²) >= 11 is 3.18. The Morgan fingerprint density at radius 1 is 1.16 bits per heavy atom. The van der Waals surface area contributed by atoms with Crippen molar-refractivity contribution in [1.29, 1.82) is 0 Å². The molecule has 3 bridgehead atoms. The number of phenolic OH excluding ortho intramolecular Hbond substituents is 1. The van der Waals surface area contributed by atoms with Crippen LogP contribution >= 0.6 is 22.7 Å². The van der Waals surface area contributed by atoms with Crippen LogP contribution in [0.4, 0.5) is 5.69 Å². The second-order valence-electron chi connectivity index (χ2n) is 17.1. The Bertz CT molecular complexity index is 2180. The highest BCUT2D eigenvalue weighted by molar-refractivity contribution is 7.23. The summed E-state index contributed by atoms with van der Waals surface area (Å²) in [5, 5.41) is 51.5. The maximum Gasteiger partial charge on any atom is 0.188 e. The van der Waals surface area contributed by atoms with Crippen molar-refractivity contribution in [3.05, 3.63) is 62.9 Å². The van der Waals surface area contributed by atoms with Crippen LogP contribution < -0.4 is 16.4 Å². The first-order chi connectivity index (χ1) is 27.9. The van der Waals surface area contributed by atoms with Crippen LogP contribution in [-0.2, 0) is 6.42 Å². The number of benzene rings is 1. The number of carbonyl (C=O) groups excluding carboxylic acids is 1. The number of unbranched alkanes of at least 4 members (excludes halogenated alkanes) is 2. The third-order valence-corrected chi connectivity index (χ3v) is 15.8. The van der Waals surface area contributed by atoms with Gasteiger partial charge in [-0.05, 0) is 117 Å². The average Bonchev–Trinajstić information content (AvgIpc) is 3.97. The van der Waals surface area contributed by atoms with E-state index in [1.165, 1.54) is 0 Å². The smallest absolute Gasteiger partial charge is 0.188 e. The van der Waals surface area contributed by atoms with E-state index >= 15 is 4.79 Å². The second-order valence-corrected chi connectivity index (χ2v) is 19.3. The molecule has 11 heteroatoms. The molecule has 58 heavy (non-hydrogen) atoms. The van der Waals surface area contributed by atoms with Crippen molar-refractivity contribution in [3.63, 3.8) is 0 Å². The number of nitrogens with one attached hydrogen (secondary N) is 2. The van der Waals surface area contributed by atoms with Crippen molar-refractivity contribution in [2.45, 2.75) is 116 Å². The molecule has 2 saturated carbocycles. The molecule has 8 N–H and O–H groups in total. The van der Waals surface area contributed by atoms with Crippen LogP contribution in [0.3, 0.4) is 0 Å². The molecule has 4 aliphatic rings. The van der Waals surface area contributed by atoms with Gasteiger partial charge in [-0.1, -0.05) is 56.1 Å². The monoisotopic (exact) mass is 822 g/mol. The highest BCUT2D eigenvalue weighted by Gasteiger charge is 2.61. The number of Topliss-reactive ketones (excluding diaryl/α,β-unsaturated/α-hetero) is 1. The van der Waals surface area contributed by atoms with Gasteiger partial charge in [0, 0.05) is 40.7 Å². The standard InChI is InChI=1S/C47H58N4O5S2/c1-5-7-8-20-46-21-9-11-32-30(23-38(54)33-14-16-36(28(3)53)50-43(32)33)22-37(51-45(48)49-4)29-12-15-34(47(24-29,27-46)25-35(46)39(55)26-52)44(56)42-19-18-41(58-42)40-17-13-31(57-40)10-6-2/h13-14,16-19,23,28-29,34-37,39,50,52-55H,5,7-8,12,15,20-22,24-27H2,1-4H3,(H3,48,49,51)/t28-,29-,34-,35-,36+,37-,39+,46-,47+/m0/s1. The Morgan fingerprint density at radius 2 is 1.95 bits per heavy atom. The predicted octanol–water partition coefficient (Wildman–Crippen LogP) is 7.56. The summed E-state index contributed by atoms with van der Waals surface area (Å²) in [4.78, 5) is 23.3. The first-order valence-corrected chi connectivity index (χ1v) is 22.5. The number of hydrogen-bond acceptors (Lipinski definition) is 9. The van der Waals surface area contributed by atoms with Gasteiger partial charge in [-0.2, -0.15) is 0 Å². The Labute approximate surface area is 351 Å². The largest absolute Gasteiger partial charge is 0.507 e. The van der Waals surface area contributed by atoms with E-state index in [1.807, 2.05) is 37.3 Å². The highest BCUT2D eigenvalue weighted by atomic mass is 32.1. The first kappa shape index (κ1) is 42.0. The lowest BCUT2D eigenvalue weighted by Gasteiger charge is -2.47. The number of anilines is 1. The van der Waals surface area contributed by atoms with E-state index in [9.17, 15) is 20.4 Å². The van der Waals surface area contributed by atoms with Crippen LogP contribution in [-0.4, -0.2) is 70.1 Å². The molecule has 3 heterocycles. The van der Waals surface area contributed by atoms with Crippen LogP contribution in [0.5, 0.6) is 5.75 Å². The lowest BCUT2D eigenvalue weighted by atomic mass is 9.57. The molecule has 3 aliphatic carbocycles. The molecule has 9 nitrogen and oxygen atoms in total. The number of guanidine groups is 1. The van der Waals surface area contributed by atoms with E-state index in [1.54, 1.807) is 36.6 Å². The molecule has 0 saturated heterocycles. The fourth-order valence-corrected chi connectivity index (χ4v) is 12.8. The van der Waals surface area contributed by atoms with Crippen LogP contribution in [0.15, 0.2) is 41.4 Å². The van der Waals surface area contributed by atoms with Gasteiger partial charge in [0.15, 0.2) is 11.7 Å². The first-order valence-electron chi connectivity index (χ1n) is 20.9. The minimum Gasteiger partial charge on any atom is -0.507 e. The van der Waals surface area contributed by atoms with Gasteiger partial charge in [0.1, 0.15) is 5.75 Å². The number of aliphatic imine (C=N–C) groups is 1. The molecule has 2 fully saturated rings. The average molecular weight is 823 g/mol. The summed E-state index contributed by atoms with van der Waals surface area (Å²) < 4.78 is 0. The number of phenols is 1. The van der Waals surface area contributed by atoms with Crippen molar-refractivity contribution in [2.75, 3.05) is 19.0 Å². The lowest BCUT2D eigenvalue weighted by Crippen LogP contribution is -2.50. The topological polar surface area (TPSA) is 160 Å². The van der Waals surface area contributed by atoms with Crippen molar-refractivity contribution in [1.82, 2.24) is 5.32 Å². The fraction of sp³-hybridized carbons (Fsp3) is 0.532. The number of ketones is 1. The minimum atomic E-state index is -0.955. The quantitative estimate of drug-likeness (QED) is 0.0343. The summed E-state index contributed by atoms with van der Waals surface area (Å²) in [7, 11) is 1.66. The fourth-order valence-electron chi connectivity index (χ4n) is 10.8.